The second-order valence-electron chi connectivity index (χ2n) is 3.48. The van der Waals surface area contributed by atoms with Gasteiger partial charge in [-0.05, 0) is 19.9 Å². The number of hydrogen-bond donors (Lipinski definition) is 1. The Kier molecular flexibility index (Phi) is 2.52. The summed E-state index contributed by atoms with van der Waals surface area (Å²) in [6.07, 6.45) is 3.37. The van der Waals surface area contributed by atoms with Gasteiger partial charge in [-0.15, -0.1) is 11.3 Å². The van der Waals surface area contributed by atoms with Crippen LogP contribution in [-0.4, -0.2) is 34.0 Å². The molecule has 0 aromatic carbocycles. The normalized spacial score (nSPS) is 28.1. The van der Waals surface area contributed by atoms with Crippen molar-refractivity contribution in [3.8, 4) is 0 Å². The van der Waals surface area contributed by atoms with Crippen molar-refractivity contribution in [3.05, 3.63) is 16.6 Å². The van der Waals surface area contributed by atoms with E-state index in [-0.39, 0.29) is 12.1 Å². The van der Waals surface area contributed by atoms with Gasteiger partial charge in [0.15, 0.2) is 0 Å². The Balaban J connectivity index is 2.15. The molecule has 0 bridgehead atoms. The lowest BCUT2D eigenvalue weighted by Crippen LogP contribution is -2.34. The lowest BCUT2D eigenvalue weighted by Gasteiger charge is -2.21. The lowest BCUT2D eigenvalue weighted by atomic mass is 10.2. The number of aromatic nitrogens is 1. The highest BCUT2D eigenvalue weighted by molar-refractivity contribution is 7.09. The molecular formula is C9H12N2O2S. The van der Waals surface area contributed by atoms with Crippen molar-refractivity contribution in [3.63, 3.8) is 0 Å². The molecule has 1 aliphatic rings. The average molecular weight is 212 g/mol. The summed E-state index contributed by atoms with van der Waals surface area (Å²) < 4.78 is 0. The number of thiazole rings is 1. The number of aliphatic carboxylic acids is 1. The van der Waals surface area contributed by atoms with Gasteiger partial charge in [-0.3, -0.25) is 9.69 Å². The van der Waals surface area contributed by atoms with E-state index in [0.29, 0.717) is 0 Å². The Morgan fingerprint density at radius 2 is 2.50 bits per heavy atom. The van der Waals surface area contributed by atoms with E-state index in [1.54, 1.807) is 17.5 Å². The highest BCUT2D eigenvalue weighted by Crippen LogP contribution is 2.35. The van der Waals surface area contributed by atoms with Crippen LogP contribution in [0.3, 0.4) is 0 Å². The van der Waals surface area contributed by atoms with Crippen molar-refractivity contribution in [1.82, 2.24) is 9.88 Å². The summed E-state index contributed by atoms with van der Waals surface area (Å²) in [5.74, 6) is -0.730. The maximum absolute atomic E-state index is 10.9. The summed E-state index contributed by atoms with van der Waals surface area (Å²) in [4.78, 5) is 17.0. The van der Waals surface area contributed by atoms with Gasteiger partial charge >= 0.3 is 5.97 Å². The first-order valence-electron chi connectivity index (χ1n) is 4.54. The van der Waals surface area contributed by atoms with E-state index in [1.165, 1.54) is 0 Å². The second-order valence-corrected chi connectivity index (χ2v) is 4.41. The zero-order valence-corrected chi connectivity index (χ0v) is 8.70. The standard InChI is InChI=1S/C9H12N2O2S/c1-11-6(8-10-4-5-14-8)2-3-7(11)9(12)13/h4-7H,2-3H2,1H3,(H,12,13). The van der Waals surface area contributed by atoms with Crippen LogP contribution in [0, 0.1) is 0 Å². The summed E-state index contributed by atoms with van der Waals surface area (Å²) >= 11 is 1.59. The molecule has 5 heteroatoms. The molecule has 0 aliphatic carbocycles. The minimum absolute atomic E-state index is 0.191. The Morgan fingerprint density at radius 3 is 3.00 bits per heavy atom. The number of carbonyl (C=O) groups is 1. The smallest absolute Gasteiger partial charge is 0.320 e. The molecular weight excluding hydrogens is 200 g/mol. The van der Waals surface area contributed by atoms with Crippen molar-refractivity contribution in [2.75, 3.05) is 7.05 Å². The molecule has 14 heavy (non-hydrogen) atoms. The van der Waals surface area contributed by atoms with Crippen molar-refractivity contribution in [2.45, 2.75) is 24.9 Å². The van der Waals surface area contributed by atoms with Crippen LogP contribution in [-0.2, 0) is 4.79 Å². The molecule has 2 atom stereocenters. The minimum Gasteiger partial charge on any atom is -0.480 e. The first-order chi connectivity index (χ1) is 6.70. The maximum Gasteiger partial charge on any atom is 0.320 e. The molecule has 4 nitrogen and oxygen atoms in total. The van der Waals surface area contributed by atoms with E-state index >= 15 is 0 Å². The van der Waals surface area contributed by atoms with Gasteiger partial charge in [0.2, 0.25) is 0 Å². The van der Waals surface area contributed by atoms with Crippen LogP contribution in [0.15, 0.2) is 11.6 Å². The van der Waals surface area contributed by atoms with Crippen LogP contribution in [0.2, 0.25) is 0 Å². The second kappa shape index (κ2) is 3.67. The summed E-state index contributed by atoms with van der Waals surface area (Å²) in [5.41, 5.74) is 0. The van der Waals surface area contributed by atoms with Crippen molar-refractivity contribution < 1.29 is 9.90 Å². The molecule has 1 saturated heterocycles. The average Bonchev–Trinajstić information content (AvgIpc) is 2.71. The van der Waals surface area contributed by atoms with Crippen LogP contribution in [0.25, 0.3) is 0 Å². The van der Waals surface area contributed by atoms with Crippen molar-refractivity contribution in [2.24, 2.45) is 0 Å². The Morgan fingerprint density at radius 1 is 1.71 bits per heavy atom. The molecule has 0 spiro atoms. The quantitative estimate of drug-likeness (QED) is 0.804. The van der Waals surface area contributed by atoms with Gasteiger partial charge in [0.25, 0.3) is 0 Å². The summed E-state index contributed by atoms with van der Waals surface area (Å²) in [7, 11) is 1.86. The molecule has 0 amide bonds. The predicted molar refractivity (Wildman–Crippen MR) is 53.3 cm³/mol. The summed E-state index contributed by atoms with van der Waals surface area (Å²) in [6.45, 7) is 0. The maximum atomic E-state index is 10.9. The van der Waals surface area contributed by atoms with E-state index in [1.807, 2.05) is 17.3 Å². The zero-order valence-electron chi connectivity index (χ0n) is 7.88. The van der Waals surface area contributed by atoms with Crippen LogP contribution in [0.5, 0.6) is 0 Å². The summed E-state index contributed by atoms with van der Waals surface area (Å²) in [6, 6.07) is -0.153. The number of carboxylic acid groups (broad SMARTS) is 1. The topological polar surface area (TPSA) is 53.4 Å². The Labute approximate surface area is 86.2 Å². The van der Waals surface area contributed by atoms with E-state index in [0.717, 1.165) is 17.8 Å². The Hall–Kier alpha value is -0.940. The molecule has 1 aromatic rings. The third kappa shape index (κ3) is 1.53. The van der Waals surface area contributed by atoms with Gasteiger partial charge < -0.3 is 5.11 Å². The van der Waals surface area contributed by atoms with Crippen LogP contribution in [0.4, 0.5) is 0 Å². The number of likely N-dealkylation sites (tertiary alicyclic amines) is 1. The first kappa shape index (κ1) is 9.61. The number of carboxylic acids is 1. The van der Waals surface area contributed by atoms with Gasteiger partial charge in [0.1, 0.15) is 11.0 Å². The number of hydrogen-bond acceptors (Lipinski definition) is 4. The zero-order chi connectivity index (χ0) is 10.1. The number of rotatable bonds is 2. The molecule has 0 radical (unpaired) electrons. The van der Waals surface area contributed by atoms with Gasteiger partial charge in [-0.2, -0.15) is 0 Å². The molecule has 2 unspecified atom stereocenters. The largest absolute Gasteiger partial charge is 0.480 e. The first-order valence-corrected chi connectivity index (χ1v) is 5.42. The predicted octanol–water partition coefficient (Wildman–Crippen LogP) is 1.36. The highest BCUT2D eigenvalue weighted by atomic mass is 32.1. The van der Waals surface area contributed by atoms with Gasteiger partial charge in [-0.1, -0.05) is 0 Å². The summed E-state index contributed by atoms with van der Waals surface area (Å²) in [5, 5.41) is 11.9. The van der Waals surface area contributed by atoms with Crippen molar-refractivity contribution in [1.29, 1.82) is 0 Å². The van der Waals surface area contributed by atoms with E-state index < -0.39 is 5.97 Å². The fraction of sp³-hybridized carbons (Fsp3) is 0.556. The number of likely N-dealkylation sites (N-methyl/N-ethyl adjacent to an activating group) is 1. The fourth-order valence-corrected chi connectivity index (χ4v) is 2.76. The van der Waals surface area contributed by atoms with Gasteiger partial charge in [-0.25, -0.2) is 4.98 Å². The van der Waals surface area contributed by atoms with Crippen LogP contribution >= 0.6 is 11.3 Å². The van der Waals surface area contributed by atoms with E-state index in [9.17, 15) is 4.79 Å². The lowest BCUT2D eigenvalue weighted by molar-refractivity contribution is -0.142. The Bertz CT molecular complexity index is 326. The fourth-order valence-electron chi connectivity index (χ4n) is 1.93. The molecule has 2 rings (SSSR count). The van der Waals surface area contributed by atoms with Gasteiger partial charge in [0.05, 0.1) is 6.04 Å². The molecule has 1 fully saturated rings. The molecule has 1 aromatic heterocycles. The molecule has 2 heterocycles. The van der Waals surface area contributed by atoms with E-state index in [2.05, 4.69) is 4.98 Å². The minimum atomic E-state index is -0.730. The molecule has 1 aliphatic heterocycles. The highest BCUT2D eigenvalue weighted by Gasteiger charge is 2.36. The molecule has 0 saturated carbocycles. The number of nitrogens with zero attached hydrogens (tertiary/aromatic N) is 2. The van der Waals surface area contributed by atoms with Crippen molar-refractivity contribution >= 4 is 17.3 Å². The van der Waals surface area contributed by atoms with Crippen LogP contribution in [0.1, 0.15) is 23.9 Å². The molecule has 1 N–H and O–H groups in total. The monoisotopic (exact) mass is 212 g/mol. The van der Waals surface area contributed by atoms with Crippen LogP contribution < -0.4 is 0 Å². The third-order valence-corrected chi connectivity index (χ3v) is 3.60. The van der Waals surface area contributed by atoms with E-state index in [4.69, 9.17) is 5.11 Å². The SMILES string of the molecule is CN1C(C(=O)O)CCC1c1nccs1. The third-order valence-electron chi connectivity index (χ3n) is 2.72. The molecule has 76 valence electrons. The van der Waals surface area contributed by atoms with Gasteiger partial charge in [0, 0.05) is 11.6 Å².